The normalized spacial score (nSPS) is 14.4. The van der Waals surface area contributed by atoms with Crippen LogP contribution in [0.5, 0.6) is 11.5 Å². The van der Waals surface area contributed by atoms with Crippen molar-refractivity contribution in [2.45, 2.75) is 13.0 Å². The monoisotopic (exact) mass is 413 g/mol. The van der Waals surface area contributed by atoms with Gasteiger partial charge in [-0.15, -0.1) is 0 Å². The molecule has 0 unspecified atom stereocenters. The predicted octanol–water partition coefficient (Wildman–Crippen LogP) is 5.25. The summed E-state index contributed by atoms with van der Waals surface area (Å²) in [5.41, 5.74) is 3.56. The fraction of sp³-hybridized carbons (Fsp3) is 0.222. The molecule has 1 heterocycles. The Kier molecular flexibility index (Phi) is 6.80. The van der Waals surface area contributed by atoms with E-state index in [0.29, 0.717) is 30.1 Å². The van der Waals surface area contributed by atoms with Gasteiger partial charge in [-0.3, -0.25) is 4.79 Å². The van der Waals surface area contributed by atoms with Crippen LogP contribution < -0.4 is 9.47 Å². The molecule has 4 heteroatoms. The van der Waals surface area contributed by atoms with Crippen LogP contribution in [-0.4, -0.2) is 37.5 Å². The average molecular weight is 414 g/mol. The van der Waals surface area contributed by atoms with Gasteiger partial charge in [0.2, 0.25) is 0 Å². The Morgan fingerprint density at radius 1 is 0.968 bits per heavy atom. The van der Waals surface area contributed by atoms with Gasteiger partial charge >= 0.3 is 0 Å². The Labute approximate surface area is 183 Å². The van der Waals surface area contributed by atoms with Crippen molar-refractivity contribution < 1.29 is 14.3 Å². The molecular formula is C27H27NO3. The first-order valence-electron chi connectivity index (χ1n) is 10.6. The zero-order chi connectivity index (χ0) is 21.5. The molecule has 0 amide bonds. The maximum absolute atomic E-state index is 12.7. The molecule has 0 N–H and O–H groups in total. The second kappa shape index (κ2) is 10.1. The van der Waals surface area contributed by atoms with Crippen molar-refractivity contribution in [1.29, 1.82) is 0 Å². The third kappa shape index (κ3) is 5.62. The number of carbonyl (C=O) groups excluding carboxylic acids is 1. The first kappa shape index (κ1) is 20.9. The lowest BCUT2D eigenvalue weighted by Gasteiger charge is -2.18. The molecule has 0 spiro atoms. The highest BCUT2D eigenvalue weighted by molar-refractivity contribution is 6.14. The molecule has 4 rings (SSSR count). The molecule has 0 aliphatic carbocycles. The van der Waals surface area contributed by atoms with E-state index >= 15 is 0 Å². The molecule has 0 radical (unpaired) electrons. The highest BCUT2D eigenvalue weighted by atomic mass is 16.5. The summed E-state index contributed by atoms with van der Waals surface area (Å²) in [6.45, 7) is 2.88. The van der Waals surface area contributed by atoms with Crippen molar-refractivity contribution in [2.75, 3.05) is 26.8 Å². The predicted molar refractivity (Wildman–Crippen MR) is 124 cm³/mol. The number of fused-ring (bicyclic) bond motifs is 1. The van der Waals surface area contributed by atoms with Gasteiger partial charge in [-0.05, 0) is 54.9 Å². The smallest absolute Gasteiger partial charge is 0.196 e. The van der Waals surface area contributed by atoms with Gasteiger partial charge < -0.3 is 14.4 Å². The number of hydrogen-bond donors (Lipinski definition) is 0. The van der Waals surface area contributed by atoms with E-state index in [4.69, 9.17) is 9.47 Å². The molecular weight excluding hydrogens is 386 g/mol. The topological polar surface area (TPSA) is 38.8 Å². The molecule has 1 aliphatic rings. The van der Waals surface area contributed by atoms with E-state index in [-0.39, 0.29) is 5.78 Å². The van der Waals surface area contributed by atoms with Crippen molar-refractivity contribution in [3.05, 3.63) is 101 Å². The first-order valence-corrected chi connectivity index (χ1v) is 10.6. The molecule has 0 fully saturated rings. The van der Waals surface area contributed by atoms with E-state index in [9.17, 15) is 4.79 Å². The number of nitrogens with zero attached hydrogens (tertiary/aromatic N) is 1. The Hall–Kier alpha value is -3.37. The summed E-state index contributed by atoms with van der Waals surface area (Å²) in [6, 6.07) is 25.7. The molecule has 31 heavy (non-hydrogen) atoms. The Balaban J connectivity index is 1.25. The number of para-hydroxylation sites is 1. The summed E-state index contributed by atoms with van der Waals surface area (Å²) in [6.07, 6.45) is 2.85. The minimum atomic E-state index is 0.0294. The van der Waals surface area contributed by atoms with Crippen molar-refractivity contribution in [2.24, 2.45) is 0 Å². The molecule has 158 valence electrons. The lowest BCUT2D eigenvalue weighted by molar-refractivity contribution is 0.100. The maximum atomic E-state index is 12.7. The zero-order valence-electron chi connectivity index (χ0n) is 17.8. The number of benzene rings is 3. The van der Waals surface area contributed by atoms with E-state index in [1.807, 2.05) is 54.6 Å². The van der Waals surface area contributed by atoms with Crippen molar-refractivity contribution in [3.63, 3.8) is 0 Å². The van der Waals surface area contributed by atoms with Crippen LogP contribution in [0.15, 0.2) is 84.4 Å². The number of carbonyl (C=O) groups is 1. The molecule has 0 saturated heterocycles. The van der Waals surface area contributed by atoms with Crippen LogP contribution in [0.2, 0.25) is 0 Å². The van der Waals surface area contributed by atoms with Crippen LogP contribution in [-0.2, 0) is 6.54 Å². The van der Waals surface area contributed by atoms with Crippen molar-refractivity contribution in [3.8, 4) is 11.5 Å². The Morgan fingerprint density at radius 3 is 2.52 bits per heavy atom. The number of hydrogen-bond acceptors (Lipinski definition) is 4. The summed E-state index contributed by atoms with van der Waals surface area (Å²) in [7, 11) is 2.13. The maximum Gasteiger partial charge on any atom is 0.196 e. The SMILES string of the molecule is CN(CCCOc1ccc(/C=C2\COc3ccccc3C2=O)cc1)Cc1ccccc1. The van der Waals surface area contributed by atoms with Crippen LogP contribution >= 0.6 is 0 Å². The molecule has 0 bridgehead atoms. The molecule has 0 saturated carbocycles. The lowest BCUT2D eigenvalue weighted by atomic mass is 9.98. The zero-order valence-corrected chi connectivity index (χ0v) is 17.8. The van der Waals surface area contributed by atoms with E-state index in [1.54, 1.807) is 6.07 Å². The van der Waals surface area contributed by atoms with E-state index < -0.39 is 0 Å². The first-order chi connectivity index (χ1) is 15.2. The number of ether oxygens (including phenoxy) is 2. The van der Waals surface area contributed by atoms with Gasteiger partial charge in [0, 0.05) is 18.7 Å². The third-order valence-corrected chi connectivity index (χ3v) is 5.28. The summed E-state index contributed by atoms with van der Waals surface area (Å²) in [5, 5.41) is 0. The van der Waals surface area contributed by atoms with Gasteiger partial charge in [0.15, 0.2) is 5.78 Å². The fourth-order valence-corrected chi connectivity index (χ4v) is 3.64. The summed E-state index contributed by atoms with van der Waals surface area (Å²) >= 11 is 0. The summed E-state index contributed by atoms with van der Waals surface area (Å²) < 4.78 is 11.6. The van der Waals surface area contributed by atoms with E-state index in [1.165, 1.54) is 5.56 Å². The van der Waals surface area contributed by atoms with Crippen molar-refractivity contribution >= 4 is 11.9 Å². The minimum absolute atomic E-state index is 0.0294. The molecule has 0 atom stereocenters. The van der Waals surface area contributed by atoms with Gasteiger partial charge in [-0.25, -0.2) is 0 Å². The molecule has 3 aromatic carbocycles. The van der Waals surface area contributed by atoms with Gasteiger partial charge in [0.05, 0.1) is 12.2 Å². The van der Waals surface area contributed by atoms with Crippen LogP contribution in [0.1, 0.15) is 27.9 Å². The van der Waals surface area contributed by atoms with Gasteiger partial charge in [0.25, 0.3) is 0 Å². The molecule has 3 aromatic rings. The number of ketones is 1. The second-order valence-electron chi connectivity index (χ2n) is 7.78. The largest absolute Gasteiger partial charge is 0.494 e. The molecule has 4 nitrogen and oxygen atoms in total. The number of rotatable bonds is 8. The fourth-order valence-electron chi connectivity index (χ4n) is 3.64. The molecule has 0 aromatic heterocycles. The number of Topliss-reactive ketones (excluding diaryl/α,β-unsaturated/α-hetero) is 1. The van der Waals surface area contributed by atoms with Crippen LogP contribution in [0.25, 0.3) is 6.08 Å². The van der Waals surface area contributed by atoms with Gasteiger partial charge in [-0.2, -0.15) is 0 Å². The highest BCUT2D eigenvalue weighted by Crippen LogP contribution is 2.27. The minimum Gasteiger partial charge on any atom is -0.494 e. The molecule has 1 aliphatic heterocycles. The Morgan fingerprint density at radius 2 is 1.71 bits per heavy atom. The quantitative estimate of drug-likeness (QED) is 0.374. The summed E-state index contributed by atoms with van der Waals surface area (Å²) in [4.78, 5) is 15.0. The van der Waals surface area contributed by atoms with Gasteiger partial charge in [0.1, 0.15) is 18.1 Å². The highest BCUT2D eigenvalue weighted by Gasteiger charge is 2.22. The second-order valence-corrected chi connectivity index (χ2v) is 7.78. The van der Waals surface area contributed by atoms with Crippen molar-refractivity contribution in [1.82, 2.24) is 4.90 Å². The average Bonchev–Trinajstić information content (AvgIpc) is 2.80. The van der Waals surface area contributed by atoms with E-state index in [0.717, 1.165) is 30.8 Å². The third-order valence-electron chi connectivity index (χ3n) is 5.28. The summed E-state index contributed by atoms with van der Waals surface area (Å²) in [5.74, 6) is 1.52. The standard InChI is InChI=1S/C27H27NO3/c1-28(19-22-8-3-2-4-9-22)16-7-17-30-24-14-12-21(13-15-24)18-23-20-31-26-11-6-5-10-25(26)27(23)29/h2-6,8-15,18H,7,16-17,19-20H2,1H3/b23-18+. The Bertz CT molecular complexity index is 1040. The van der Waals surface area contributed by atoms with Crippen LogP contribution in [0.4, 0.5) is 0 Å². The lowest BCUT2D eigenvalue weighted by Crippen LogP contribution is -2.20. The van der Waals surface area contributed by atoms with Crippen LogP contribution in [0, 0.1) is 0 Å². The van der Waals surface area contributed by atoms with E-state index in [2.05, 4.69) is 36.2 Å². The van der Waals surface area contributed by atoms with Gasteiger partial charge in [-0.1, -0.05) is 54.6 Å². The van der Waals surface area contributed by atoms with Crippen LogP contribution in [0.3, 0.4) is 0 Å².